The lowest BCUT2D eigenvalue weighted by atomic mass is 9.91. The monoisotopic (exact) mass is 468 g/mol. The third-order valence-corrected chi connectivity index (χ3v) is 6.20. The topological polar surface area (TPSA) is 70.2 Å². The van der Waals surface area contributed by atoms with E-state index in [1.807, 2.05) is 115 Å². The van der Waals surface area contributed by atoms with Gasteiger partial charge in [0.15, 0.2) is 0 Å². The predicted octanol–water partition coefficient (Wildman–Crippen LogP) is 5.84. The van der Waals surface area contributed by atoms with E-state index in [2.05, 4.69) is 21.2 Å². The Balaban J connectivity index is 1.41. The van der Waals surface area contributed by atoms with Crippen LogP contribution in [0.15, 0.2) is 120 Å². The van der Waals surface area contributed by atoms with Crippen LogP contribution in [0.4, 0.5) is 0 Å². The van der Waals surface area contributed by atoms with Crippen LogP contribution in [0.25, 0.3) is 10.9 Å². The van der Waals surface area contributed by atoms with Crippen LogP contribution in [0.1, 0.15) is 33.7 Å². The number of hydrogen-bond acceptors (Lipinski definition) is 3. The van der Waals surface area contributed by atoms with Crippen molar-refractivity contribution in [1.29, 1.82) is 5.26 Å². The fraction of sp³-hybridized carbons (Fsp3) is 0.0645. The quantitative estimate of drug-likeness (QED) is 0.241. The number of benzene rings is 4. The summed E-state index contributed by atoms with van der Waals surface area (Å²) in [5, 5.41) is 14.8. The Morgan fingerprint density at radius 1 is 0.861 bits per heavy atom. The SMILES string of the molecule is N#Cc1ccccc1Cn1cc(/C=N\NC(=O)C(c2ccccc2)c2ccccc2)c2ccccc21. The van der Waals surface area contributed by atoms with Crippen molar-refractivity contribution >= 4 is 23.0 Å². The molecule has 0 bridgehead atoms. The maximum atomic E-state index is 13.3. The number of carbonyl (C=O) groups is 1. The molecule has 1 heterocycles. The highest BCUT2D eigenvalue weighted by atomic mass is 16.2. The summed E-state index contributed by atoms with van der Waals surface area (Å²) >= 11 is 0. The molecule has 0 spiro atoms. The molecule has 4 aromatic carbocycles. The molecule has 0 fully saturated rings. The minimum absolute atomic E-state index is 0.199. The maximum Gasteiger partial charge on any atom is 0.252 e. The average molecular weight is 469 g/mol. The van der Waals surface area contributed by atoms with E-state index in [1.54, 1.807) is 6.21 Å². The Bertz CT molecular complexity index is 1520. The highest BCUT2D eigenvalue weighted by Crippen LogP contribution is 2.25. The molecule has 1 aromatic heterocycles. The first-order chi connectivity index (χ1) is 17.7. The Morgan fingerprint density at radius 2 is 1.47 bits per heavy atom. The zero-order valence-electron chi connectivity index (χ0n) is 19.6. The predicted molar refractivity (Wildman–Crippen MR) is 143 cm³/mol. The molecule has 0 aliphatic rings. The van der Waals surface area contributed by atoms with E-state index in [0.29, 0.717) is 12.1 Å². The van der Waals surface area contributed by atoms with Crippen LogP contribution in [0, 0.1) is 11.3 Å². The van der Waals surface area contributed by atoms with Gasteiger partial charge in [0.2, 0.25) is 0 Å². The van der Waals surface area contributed by atoms with E-state index in [-0.39, 0.29) is 5.91 Å². The minimum Gasteiger partial charge on any atom is -0.342 e. The summed E-state index contributed by atoms with van der Waals surface area (Å²) in [7, 11) is 0. The van der Waals surface area contributed by atoms with Gasteiger partial charge in [0, 0.05) is 29.2 Å². The molecular weight excluding hydrogens is 444 g/mol. The molecule has 0 saturated heterocycles. The number of hydrazone groups is 1. The molecule has 5 nitrogen and oxygen atoms in total. The first-order valence-corrected chi connectivity index (χ1v) is 11.7. The van der Waals surface area contributed by atoms with E-state index >= 15 is 0 Å². The van der Waals surface area contributed by atoms with Crippen molar-refractivity contribution in [2.24, 2.45) is 5.10 Å². The number of fused-ring (bicyclic) bond motifs is 1. The number of nitriles is 1. The number of carbonyl (C=O) groups excluding carboxylic acids is 1. The first kappa shape index (κ1) is 22.8. The van der Waals surface area contributed by atoms with Gasteiger partial charge in [0.1, 0.15) is 0 Å². The van der Waals surface area contributed by atoms with E-state index in [4.69, 9.17) is 0 Å². The lowest BCUT2D eigenvalue weighted by Crippen LogP contribution is -2.26. The molecule has 0 radical (unpaired) electrons. The molecular formula is C31H24N4O. The molecule has 0 atom stereocenters. The Morgan fingerprint density at radius 3 is 2.17 bits per heavy atom. The second kappa shape index (κ2) is 10.5. The van der Waals surface area contributed by atoms with Gasteiger partial charge in [-0.1, -0.05) is 97.1 Å². The lowest BCUT2D eigenvalue weighted by molar-refractivity contribution is -0.121. The fourth-order valence-electron chi connectivity index (χ4n) is 4.48. The Kier molecular flexibility index (Phi) is 6.68. The van der Waals surface area contributed by atoms with Crippen LogP contribution in [0.2, 0.25) is 0 Å². The lowest BCUT2D eigenvalue weighted by Gasteiger charge is -2.16. The number of rotatable bonds is 7. The van der Waals surface area contributed by atoms with Crippen LogP contribution >= 0.6 is 0 Å². The summed E-state index contributed by atoms with van der Waals surface area (Å²) in [6, 6.07) is 37.3. The van der Waals surface area contributed by atoms with Crippen molar-refractivity contribution in [2.75, 3.05) is 0 Å². The third kappa shape index (κ3) is 4.79. The molecule has 1 N–H and O–H groups in total. The van der Waals surface area contributed by atoms with Crippen molar-refractivity contribution in [3.05, 3.63) is 143 Å². The van der Waals surface area contributed by atoms with Gasteiger partial charge in [-0.25, -0.2) is 5.43 Å². The van der Waals surface area contributed by atoms with Crippen LogP contribution in [0.3, 0.4) is 0 Å². The molecule has 36 heavy (non-hydrogen) atoms. The van der Waals surface area contributed by atoms with Crippen molar-refractivity contribution < 1.29 is 4.79 Å². The van der Waals surface area contributed by atoms with Gasteiger partial charge in [0.05, 0.1) is 23.8 Å². The third-order valence-electron chi connectivity index (χ3n) is 6.20. The van der Waals surface area contributed by atoms with Gasteiger partial charge < -0.3 is 4.57 Å². The van der Waals surface area contributed by atoms with Crippen LogP contribution in [0.5, 0.6) is 0 Å². The molecule has 174 valence electrons. The molecule has 5 rings (SSSR count). The molecule has 0 unspecified atom stereocenters. The smallest absolute Gasteiger partial charge is 0.252 e. The summed E-state index contributed by atoms with van der Waals surface area (Å²) in [5.74, 6) is -0.663. The molecule has 0 saturated carbocycles. The highest BCUT2D eigenvalue weighted by Gasteiger charge is 2.22. The minimum atomic E-state index is -0.464. The molecule has 5 heteroatoms. The van der Waals surface area contributed by atoms with Gasteiger partial charge in [-0.3, -0.25) is 4.79 Å². The summed E-state index contributed by atoms with van der Waals surface area (Å²) in [6.45, 7) is 0.564. The van der Waals surface area contributed by atoms with E-state index < -0.39 is 5.92 Å². The second-order valence-electron chi connectivity index (χ2n) is 8.49. The Hall–Kier alpha value is -4.95. The highest BCUT2D eigenvalue weighted by molar-refractivity contribution is 6.00. The van der Waals surface area contributed by atoms with Crippen LogP contribution in [-0.2, 0) is 11.3 Å². The second-order valence-corrected chi connectivity index (χ2v) is 8.49. The van der Waals surface area contributed by atoms with E-state index in [0.717, 1.165) is 33.2 Å². The normalized spacial score (nSPS) is 11.1. The summed E-state index contributed by atoms with van der Waals surface area (Å²) in [6.07, 6.45) is 3.68. The van der Waals surface area contributed by atoms with Crippen LogP contribution in [-0.4, -0.2) is 16.7 Å². The summed E-state index contributed by atoms with van der Waals surface area (Å²) in [5.41, 5.74) is 8.09. The number of hydrogen-bond donors (Lipinski definition) is 1. The van der Waals surface area contributed by atoms with E-state index in [1.165, 1.54) is 0 Å². The Labute approximate surface area is 209 Å². The van der Waals surface area contributed by atoms with Gasteiger partial charge >= 0.3 is 0 Å². The van der Waals surface area contributed by atoms with E-state index in [9.17, 15) is 10.1 Å². The number of para-hydroxylation sites is 1. The standard InChI is InChI=1S/C31H24N4O/c32-19-25-15-7-8-16-26(25)21-35-22-27(28-17-9-10-18-29(28)35)20-33-34-31(36)30(23-11-3-1-4-12-23)24-13-5-2-6-14-24/h1-18,20,22,30H,21H2,(H,34,36)/b33-20-. The zero-order chi connectivity index (χ0) is 24.7. The largest absolute Gasteiger partial charge is 0.342 e. The molecule has 0 aliphatic carbocycles. The maximum absolute atomic E-state index is 13.3. The number of nitrogens with zero attached hydrogens (tertiary/aromatic N) is 3. The molecule has 0 aliphatic heterocycles. The number of aromatic nitrogens is 1. The number of nitrogens with one attached hydrogen (secondary N) is 1. The molecule has 5 aromatic rings. The fourth-order valence-corrected chi connectivity index (χ4v) is 4.48. The van der Waals surface area contributed by atoms with Gasteiger partial charge in [0.25, 0.3) is 5.91 Å². The van der Waals surface area contributed by atoms with Crippen molar-refractivity contribution in [3.8, 4) is 6.07 Å². The summed E-state index contributed by atoms with van der Waals surface area (Å²) < 4.78 is 2.10. The molecule has 1 amide bonds. The van der Waals surface area contributed by atoms with Gasteiger partial charge in [-0.05, 0) is 28.8 Å². The van der Waals surface area contributed by atoms with Crippen molar-refractivity contribution in [2.45, 2.75) is 12.5 Å². The van der Waals surface area contributed by atoms with Crippen LogP contribution < -0.4 is 5.43 Å². The summed E-state index contributed by atoms with van der Waals surface area (Å²) in [4.78, 5) is 13.3. The first-order valence-electron chi connectivity index (χ1n) is 11.7. The zero-order valence-corrected chi connectivity index (χ0v) is 19.6. The van der Waals surface area contributed by atoms with Gasteiger partial charge in [-0.2, -0.15) is 10.4 Å². The average Bonchev–Trinajstić information content (AvgIpc) is 3.27. The van der Waals surface area contributed by atoms with Gasteiger partial charge in [-0.15, -0.1) is 0 Å². The van der Waals surface area contributed by atoms with Crippen molar-refractivity contribution in [3.63, 3.8) is 0 Å². The van der Waals surface area contributed by atoms with Crippen molar-refractivity contribution in [1.82, 2.24) is 9.99 Å². The number of amides is 1.